The van der Waals surface area contributed by atoms with E-state index in [1.54, 1.807) is 12.1 Å². The van der Waals surface area contributed by atoms with Gasteiger partial charge in [0.2, 0.25) is 5.88 Å². The first-order chi connectivity index (χ1) is 20.0. The standard InChI is InChI=1S/C35H29N2O3.Pt/c1-19-11-21(3)32(22(4)12-19)25-15-26(35-37-34-28-8-6-5-7-23(28)18-30(34)40-35)17-27(16-25)39-31-10-9-24-13-20(2)14-29(38)33(24)36-31;/h5-16,30,34,38H,18H2,1-4H3;/q-1;/t30-,34+;/m1./s1/i30D,34D;. The van der Waals surface area contributed by atoms with Crippen molar-refractivity contribution in [2.75, 3.05) is 0 Å². The molecule has 0 spiro atoms. The summed E-state index contributed by atoms with van der Waals surface area (Å²) in [6.45, 7) is 8.14. The van der Waals surface area contributed by atoms with Gasteiger partial charge in [-0.1, -0.05) is 65.2 Å². The van der Waals surface area contributed by atoms with Crippen LogP contribution in [-0.4, -0.2) is 22.1 Å². The zero-order valence-corrected chi connectivity index (χ0v) is 25.4. The molecule has 208 valence electrons. The number of phenolic OH excluding ortho intramolecular Hbond substituents is 1. The number of aromatic nitrogens is 1. The first kappa shape index (κ1) is 24.8. The molecule has 0 saturated carbocycles. The summed E-state index contributed by atoms with van der Waals surface area (Å²) in [7, 11) is 0. The Labute approximate surface area is 257 Å². The van der Waals surface area contributed by atoms with Crippen molar-refractivity contribution in [2.24, 2.45) is 4.99 Å². The van der Waals surface area contributed by atoms with Gasteiger partial charge in [0, 0.05) is 44.7 Å². The van der Waals surface area contributed by atoms with Crippen LogP contribution in [0.1, 0.15) is 47.7 Å². The largest absolute Gasteiger partial charge is 0.514 e. The minimum atomic E-state index is -1.59. The molecule has 2 aliphatic rings. The summed E-state index contributed by atoms with van der Waals surface area (Å²) < 4.78 is 30.8. The van der Waals surface area contributed by atoms with Gasteiger partial charge in [-0.15, -0.1) is 6.07 Å². The third kappa shape index (κ3) is 4.93. The van der Waals surface area contributed by atoms with E-state index >= 15 is 0 Å². The maximum atomic E-state index is 10.5. The molecule has 5 nitrogen and oxygen atoms in total. The van der Waals surface area contributed by atoms with Crippen molar-refractivity contribution in [1.82, 2.24) is 4.98 Å². The summed E-state index contributed by atoms with van der Waals surface area (Å²) >= 11 is 0. The third-order valence-corrected chi connectivity index (χ3v) is 7.47. The number of aliphatic imine (C=N–C) groups is 1. The van der Waals surface area contributed by atoms with Gasteiger partial charge in [-0.3, -0.25) is 4.99 Å². The summed E-state index contributed by atoms with van der Waals surface area (Å²) in [5, 5.41) is 11.3. The van der Waals surface area contributed by atoms with Gasteiger partial charge in [0.15, 0.2) is 0 Å². The maximum Gasteiger partial charge on any atom is 0.217 e. The van der Waals surface area contributed by atoms with E-state index in [4.69, 9.17) is 15.8 Å². The number of nitrogens with zero attached hydrogens (tertiary/aromatic N) is 2. The Hall–Kier alpha value is -3.95. The van der Waals surface area contributed by atoms with Crippen molar-refractivity contribution in [3.63, 3.8) is 0 Å². The van der Waals surface area contributed by atoms with Crippen LogP contribution in [0.15, 0.2) is 77.8 Å². The number of rotatable bonds is 4. The molecule has 1 aliphatic heterocycles. The fourth-order valence-electron chi connectivity index (χ4n) is 5.88. The van der Waals surface area contributed by atoms with Crippen molar-refractivity contribution in [3.8, 4) is 28.5 Å². The first-order valence-corrected chi connectivity index (χ1v) is 13.3. The Morgan fingerprint density at radius 2 is 1.71 bits per heavy atom. The minimum absolute atomic E-state index is 0. The number of aromatic hydroxyl groups is 1. The second-order valence-corrected chi connectivity index (χ2v) is 10.7. The van der Waals surface area contributed by atoms with Gasteiger partial charge in [0.1, 0.15) is 29.3 Å². The van der Waals surface area contributed by atoms with Crippen LogP contribution in [-0.2, 0) is 32.2 Å². The predicted octanol–water partition coefficient (Wildman–Crippen LogP) is 7.87. The van der Waals surface area contributed by atoms with Gasteiger partial charge in [0.25, 0.3) is 0 Å². The van der Waals surface area contributed by atoms with E-state index in [2.05, 4.69) is 44.0 Å². The Morgan fingerprint density at radius 3 is 2.51 bits per heavy atom. The number of ether oxygens (including phenoxy) is 2. The number of hydrogen-bond acceptors (Lipinski definition) is 5. The fourth-order valence-corrected chi connectivity index (χ4v) is 5.88. The van der Waals surface area contributed by atoms with Crippen molar-refractivity contribution in [3.05, 3.63) is 118 Å². The number of fused-ring (bicyclic) bond motifs is 4. The van der Waals surface area contributed by atoms with Crippen LogP contribution >= 0.6 is 0 Å². The van der Waals surface area contributed by atoms with E-state index in [0.717, 1.165) is 38.8 Å². The first-order valence-electron chi connectivity index (χ1n) is 14.3. The second kappa shape index (κ2) is 10.5. The molecule has 0 bridgehead atoms. The topological polar surface area (TPSA) is 63.9 Å². The Kier molecular flexibility index (Phi) is 6.33. The molecule has 0 amide bonds. The van der Waals surface area contributed by atoms with Crippen molar-refractivity contribution in [1.29, 1.82) is 0 Å². The fraction of sp³-hybridized carbons (Fsp3) is 0.200. The molecule has 1 aromatic heterocycles. The maximum absolute atomic E-state index is 10.5. The molecule has 0 radical (unpaired) electrons. The van der Waals surface area contributed by atoms with Gasteiger partial charge in [-0.2, -0.15) is 0 Å². The van der Waals surface area contributed by atoms with E-state index in [-0.39, 0.29) is 39.1 Å². The summed E-state index contributed by atoms with van der Waals surface area (Å²) in [5.74, 6) is 0.944. The molecule has 4 aromatic carbocycles. The molecule has 1 N–H and O–H groups in total. The van der Waals surface area contributed by atoms with Crippen LogP contribution in [0.5, 0.6) is 17.4 Å². The molecule has 0 saturated heterocycles. The normalized spacial score (nSPS) is 21.2. The smallest absolute Gasteiger partial charge is 0.217 e. The van der Waals surface area contributed by atoms with Crippen LogP contribution in [0.4, 0.5) is 0 Å². The van der Waals surface area contributed by atoms with E-state index < -0.39 is 12.1 Å². The van der Waals surface area contributed by atoms with E-state index in [0.29, 0.717) is 28.3 Å². The second-order valence-electron chi connectivity index (χ2n) is 10.7. The molecular formula is C35H29N2O3Pt-. The molecular weight excluding hydrogens is 691 g/mol. The van der Waals surface area contributed by atoms with Crippen molar-refractivity contribution >= 4 is 16.8 Å². The summed E-state index contributed by atoms with van der Waals surface area (Å²) in [6, 6.07) is 24.6. The molecule has 1 aliphatic carbocycles. The Morgan fingerprint density at radius 1 is 0.951 bits per heavy atom. The van der Waals surface area contributed by atoms with Crippen LogP contribution in [0.25, 0.3) is 22.0 Å². The van der Waals surface area contributed by atoms with Crippen LogP contribution in [0.2, 0.25) is 0 Å². The van der Waals surface area contributed by atoms with Crippen LogP contribution in [0, 0.1) is 33.8 Å². The predicted molar refractivity (Wildman–Crippen MR) is 157 cm³/mol. The molecule has 0 fully saturated rings. The van der Waals surface area contributed by atoms with E-state index in [1.165, 1.54) is 5.56 Å². The molecule has 0 unspecified atom stereocenters. The SMILES string of the molecule is [2H][C@@]12Cc3ccccc3[C@]1([2H])N=C(c1[c-]c(Oc3ccc4cc(C)cc(O)c4n3)cc(-c3c(C)cc(C)cc3C)c1)O2.[Pt]. The number of pyridine rings is 1. The van der Waals surface area contributed by atoms with Crippen molar-refractivity contribution < 1.29 is 38.4 Å². The van der Waals surface area contributed by atoms with Gasteiger partial charge in [-0.25, -0.2) is 4.98 Å². The van der Waals surface area contributed by atoms with E-state index in [1.807, 2.05) is 55.5 Å². The number of phenols is 1. The third-order valence-electron chi connectivity index (χ3n) is 7.47. The molecule has 2 heterocycles. The van der Waals surface area contributed by atoms with Crippen LogP contribution < -0.4 is 4.74 Å². The molecule has 6 heteroatoms. The van der Waals surface area contributed by atoms with Gasteiger partial charge < -0.3 is 14.6 Å². The summed E-state index contributed by atoms with van der Waals surface area (Å²) in [4.78, 5) is 9.27. The molecule has 7 rings (SSSR count). The zero-order chi connectivity index (χ0) is 29.4. The van der Waals surface area contributed by atoms with Gasteiger partial charge >= 0.3 is 0 Å². The molecule has 5 aromatic rings. The average molecular weight is 723 g/mol. The van der Waals surface area contributed by atoms with Gasteiger partial charge in [-0.05, 0) is 79.3 Å². The minimum Gasteiger partial charge on any atom is -0.514 e. The number of benzene rings is 4. The zero-order valence-electron chi connectivity index (χ0n) is 25.1. The summed E-state index contributed by atoms with van der Waals surface area (Å²) in [6.07, 6.45) is -1.31. The Bertz CT molecular complexity index is 1950. The molecule has 2 atom stereocenters. The van der Waals surface area contributed by atoms with Gasteiger partial charge in [0.05, 0.1) is 2.74 Å². The van der Waals surface area contributed by atoms with Crippen LogP contribution in [0.3, 0.4) is 0 Å². The molecule has 41 heavy (non-hydrogen) atoms. The number of aryl methyl sites for hydroxylation is 4. The van der Waals surface area contributed by atoms with Crippen molar-refractivity contribution in [2.45, 2.75) is 46.2 Å². The summed E-state index contributed by atoms with van der Waals surface area (Å²) in [5.41, 5.74) is 8.76. The monoisotopic (exact) mass is 722 g/mol. The quantitative estimate of drug-likeness (QED) is 0.192. The number of hydrogen-bond donors (Lipinski definition) is 1. The van der Waals surface area contributed by atoms with E-state index in [9.17, 15) is 6.48 Å². The average Bonchev–Trinajstić information content (AvgIpc) is 3.31. The Balaban J connectivity index is 0.00000329.